The molecule has 51 heavy (non-hydrogen) atoms. The molecule has 0 amide bonds. The Morgan fingerprint density at radius 1 is 0.314 bits per heavy atom. The van der Waals surface area contributed by atoms with E-state index in [-0.39, 0.29) is 0 Å². The van der Waals surface area contributed by atoms with Gasteiger partial charge in [0.25, 0.3) is 0 Å². The molecular formula is C48H30N2S. The zero-order valence-electron chi connectivity index (χ0n) is 27.6. The van der Waals surface area contributed by atoms with E-state index in [1.165, 1.54) is 97.4 Å². The molecule has 238 valence electrons. The first-order chi connectivity index (χ1) is 25.3. The Morgan fingerprint density at radius 2 is 0.765 bits per heavy atom. The molecule has 0 unspecified atom stereocenters. The summed E-state index contributed by atoms with van der Waals surface area (Å²) in [7, 11) is 0. The van der Waals surface area contributed by atoms with Crippen LogP contribution in [0.5, 0.6) is 0 Å². The fraction of sp³-hybridized carbons (Fsp3) is 0. The monoisotopic (exact) mass is 666 g/mol. The van der Waals surface area contributed by atoms with Crippen LogP contribution in [0.15, 0.2) is 182 Å². The van der Waals surface area contributed by atoms with Crippen LogP contribution in [0.2, 0.25) is 0 Å². The number of benzene rings is 8. The molecule has 0 aliphatic carbocycles. The number of thiophene rings is 1. The summed E-state index contributed by atoms with van der Waals surface area (Å²) in [6, 6.07) is 66.6. The van der Waals surface area contributed by atoms with Crippen LogP contribution >= 0.6 is 11.3 Å². The Kier molecular flexibility index (Phi) is 6.16. The molecule has 0 spiro atoms. The molecule has 3 heteroatoms. The van der Waals surface area contributed by atoms with Crippen molar-refractivity contribution in [3.63, 3.8) is 0 Å². The van der Waals surface area contributed by atoms with Crippen LogP contribution in [-0.2, 0) is 0 Å². The predicted octanol–water partition coefficient (Wildman–Crippen LogP) is 13.6. The van der Waals surface area contributed by atoms with Crippen molar-refractivity contribution in [2.75, 3.05) is 0 Å². The molecule has 0 radical (unpaired) electrons. The van der Waals surface area contributed by atoms with Gasteiger partial charge in [0.2, 0.25) is 0 Å². The third-order valence-corrected chi connectivity index (χ3v) is 11.7. The number of rotatable bonds is 4. The minimum atomic E-state index is 1.17. The van der Waals surface area contributed by atoms with E-state index in [0.717, 1.165) is 0 Å². The number of nitrogens with zero attached hydrogens (tertiary/aromatic N) is 2. The van der Waals surface area contributed by atoms with Gasteiger partial charge in [0.15, 0.2) is 0 Å². The molecule has 0 fully saturated rings. The molecule has 0 aliphatic rings. The van der Waals surface area contributed by atoms with Crippen LogP contribution in [0.25, 0.3) is 97.4 Å². The molecule has 8 aromatic carbocycles. The van der Waals surface area contributed by atoms with Gasteiger partial charge in [0.05, 0.1) is 22.1 Å². The molecule has 0 N–H and O–H groups in total. The Morgan fingerprint density at radius 3 is 1.33 bits per heavy atom. The van der Waals surface area contributed by atoms with Crippen LogP contribution in [-0.4, -0.2) is 9.13 Å². The zero-order chi connectivity index (χ0) is 33.5. The van der Waals surface area contributed by atoms with Gasteiger partial charge in [-0.1, -0.05) is 121 Å². The molecule has 0 atom stereocenters. The first kappa shape index (κ1) is 28.4. The zero-order valence-corrected chi connectivity index (χ0v) is 28.4. The van der Waals surface area contributed by atoms with E-state index >= 15 is 0 Å². The maximum atomic E-state index is 2.40. The second kappa shape index (κ2) is 11.0. The van der Waals surface area contributed by atoms with E-state index in [4.69, 9.17) is 0 Å². The van der Waals surface area contributed by atoms with Crippen molar-refractivity contribution in [1.82, 2.24) is 9.13 Å². The summed E-state index contributed by atoms with van der Waals surface area (Å²) in [4.78, 5) is 0. The van der Waals surface area contributed by atoms with E-state index in [0.29, 0.717) is 0 Å². The Labute approximate surface area is 298 Å². The summed E-state index contributed by atoms with van der Waals surface area (Å²) in [6.07, 6.45) is 0. The van der Waals surface area contributed by atoms with E-state index in [2.05, 4.69) is 191 Å². The lowest BCUT2D eigenvalue weighted by Gasteiger charge is -2.11. The van der Waals surface area contributed by atoms with Crippen molar-refractivity contribution in [3.8, 4) is 33.6 Å². The largest absolute Gasteiger partial charge is 0.309 e. The van der Waals surface area contributed by atoms with E-state index < -0.39 is 0 Å². The highest BCUT2D eigenvalue weighted by atomic mass is 32.1. The molecular weight excluding hydrogens is 637 g/mol. The minimum Gasteiger partial charge on any atom is -0.309 e. The van der Waals surface area contributed by atoms with Gasteiger partial charge in [-0.3, -0.25) is 0 Å². The highest BCUT2D eigenvalue weighted by Gasteiger charge is 2.16. The first-order valence-electron chi connectivity index (χ1n) is 17.4. The van der Waals surface area contributed by atoms with Crippen molar-refractivity contribution in [2.45, 2.75) is 0 Å². The van der Waals surface area contributed by atoms with Crippen LogP contribution in [0, 0.1) is 0 Å². The number of para-hydroxylation sites is 4. The average Bonchev–Trinajstić information content (AvgIpc) is 3.86. The third kappa shape index (κ3) is 4.29. The van der Waals surface area contributed by atoms with Gasteiger partial charge in [-0.05, 0) is 82.9 Å². The van der Waals surface area contributed by atoms with Crippen LogP contribution < -0.4 is 0 Å². The quantitative estimate of drug-likeness (QED) is 0.177. The summed E-state index contributed by atoms with van der Waals surface area (Å²) in [5, 5.41) is 7.72. The molecule has 2 nitrogen and oxygen atoms in total. The maximum absolute atomic E-state index is 2.40. The van der Waals surface area contributed by atoms with Crippen molar-refractivity contribution < 1.29 is 0 Å². The van der Waals surface area contributed by atoms with E-state index in [1.54, 1.807) is 0 Å². The highest BCUT2D eigenvalue weighted by molar-refractivity contribution is 7.26. The second-order valence-electron chi connectivity index (χ2n) is 13.3. The van der Waals surface area contributed by atoms with Gasteiger partial charge in [0.1, 0.15) is 0 Å². The number of hydrogen-bond donors (Lipinski definition) is 0. The van der Waals surface area contributed by atoms with Crippen molar-refractivity contribution in [1.29, 1.82) is 0 Å². The van der Waals surface area contributed by atoms with Crippen molar-refractivity contribution in [3.05, 3.63) is 182 Å². The van der Waals surface area contributed by atoms with Gasteiger partial charge >= 0.3 is 0 Å². The summed E-state index contributed by atoms with van der Waals surface area (Å²) >= 11 is 1.89. The Hall–Kier alpha value is -6.42. The summed E-state index contributed by atoms with van der Waals surface area (Å²) in [5.74, 6) is 0. The maximum Gasteiger partial charge on any atom is 0.0541 e. The van der Waals surface area contributed by atoms with Gasteiger partial charge in [-0.15, -0.1) is 11.3 Å². The smallest absolute Gasteiger partial charge is 0.0541 e. The summed E-state index contributed by atoms with van der Waals surface area (Å²) in [5.41, 5.74) is 12.2. The normalized spacial score (nSPS) is 11.9. The summed E-state index contributed by atoms with van der Waals surface area (Å²) < 4.78 is 7.42. The van der Waals surface area contributed by atoms with E-state index in [9.17, 15) is 0 Å². The number of hydrogen-bond acceptors (Lipinski definition) is 1. The molecule has 3 aromatic heterocycles. The average molecular weight is 667 g/mol. The first-order valence-corrected chi connectivity index (χ1v) is 18.3. The Balaban J connectivity index is 1.03. The molecule has 3 heterocycles. The van der Waals surface area contributed by atoms with Crippen molar-refractivity contribution >= 4 is 75.1 Å². The van der Waals surface area contributed by atoms with Crippen LogP contribution in [0.3, 0.4) is 0 Å². The lowest BCUT2D eigenvalue weighted by Crippen LogP contribution is -1.94. The molecule has 0 aliphatic heterocycles. The third-order valence-electron chi connectivity index (χ3n) is 10.5. The predicted molar refractivity (Wildman–Crippen MR) is 219 cm³/mol. The fourth-order valence-corrected chi connectivity index (χ4v) is 9.46. The molecule has 11 aromatic rings. The lowest BCUT2D eigenvalue weighted by molar-refractivity contribution is 1.18. The summed E-state index contributed by atoms with van der Waals surface area (Å²) in [6.45, 7) is 0. The lowest BCUT2D eigenvalue weighted by atomic mass is 9.99. The topological polar surface area (TPSA) is 9.86 Å². The van der Waals surface area contributed by atoms with Gasteiger partial charge in [-0.25, -0.2) is 0 Å². The molecule has 0 saturated carbocycles. The van der Waals surface area contributed by atoms with Crippen LogP contribution in [0.4, 0.5) is 0 Å². The standard InChI is InChI=1S/C48H30N2S/c1-5-22-43-37(16-1)38-17-2-6-23-44(38)49(43)34-14-9-12-31(28-34)32-26-27-47-42(30-32)41-21-11-20-36(48(41)51-47)33-13-10-15-35(29-33)50-45-24-7-3-18-39(45)40-19-4-8-25-46(40)50/h1-30H. The number of fused-ring (bicyclic) bond motifs is 9. The SMILES string of the molecule is c1cc(-c2ccc3sc4c(-c5cccc(-n6c7ccccc7c7ccccc76)c5)cccc4c3c2)cc(-n2c3ccccc3c3ccccc32)c1. The number of aromatic nitrogens is 2. The molecule has 0 saturated heterocycles. The molecule has 11 rings (SSSR count). The van der Waals surface area contributed by atoms with Gasteiger partial charge < -0.3 is 9.13 Å². The van der Waals surface area contributed by atoms with Gasteiger partial charge in [-0.2, -0.15) is 0 Å². The minimum absolute atomic E-state index is 1.17. The van der Waals surface area contributed by atoms with Crippen molar-refractivity contribution in [2.24, 2.45) is 0 Å². The van der Waals surface area contributed by atoms with Crippen LogP contribution in [0.1, 0.15) is 0 Å². The second-order valence-corrected chi connectivity index (χ2v) is 14.4. The Bertz CT molecular complexity index is 3050. The van der Waals surface area contributed by atoms with Gasteiger partial charge in [0, 0.05) is 53.1 Å². The fourth-order valence-electron chi connectivity index (χ4n) is 8.24. The van der Waals surface area contributed by atoms with E-state index in [1.807, 2.05) is 11.3 Å². The molecule has 0 bridgehead atoms. The highest BCUT2D eigenvalue weighted by Crippen LogP contribution is 2.42.